The van der Waals surface area contributed by atoms with Crippen LogP contribution in [0.15, 0.2) is 30.5 Å². The number of rotatable bonds is 3. The molecule has 1 heterocycles. The summed E-state index contributed by atoms with van der Waals surface area (Å²) in [5.74, 6) is -0.794. The molecule has 1 aliphatic carbocycles. The first kappa shape index (κ1) is 18.4. The molecule has 0 bridgehead atoms. The second kappa shape index (κ2) is 7.11. The minimum atomic E-state index is -4.73. The van der Waals surface area contributed by atoms with Gasteiger partial charge in [0.25, 0.3) is 5.91 Å². The number of aromatic nitrogens is 2. The molecule has 0 spiro atoms. The maximum atomic E-state index is 13.6. The summed E-state index contributed by atoms with van der Waals surface area (Å²) in [4.78, 5) is 12.4. The van der Waals surface area contributed by atoms with Gasteiger partial charge >= 0.3 is 6.18 Å². The van der Waals surface area contributed by atoms with Crippen LogP contribution in [0.5, 0.6) is 0 Å². The predicted molar refractivity (Wildman–Crippen MR) is 89.0 cm³/mol. The summed E-state index contributed by atoms with van der Waals surface area (Å²) in [6.45, 7) is 1.83. The van der Waals surface area contributed by atoms with E-state index in [-0.39, 0.29) is 11.7 Å². The van der Waals surface area contributed by atoms with Crippen LogP contribution in [-0.4, -0.2) is 32.9 Å². The maximum absolute atomic E-state index is 13.6. The minimum Gasteiger partial charge on any atom is -0.393 e. The highest BCUT2D eigenvalue weighted by atomic mass is 19.4. The van der Waals surface area contributed by atoms with Gasteiger partial charge < -0.3 is 10.4 Å². The number of nitrogens with one attached hydrogen (secondary N) is 1. The van der Waals surface area contributed by atoms with Crippen LogP contribution in [0.25, 0.3) is 5.69 Å². The van der Waals surface area contributed by atoms with E-state index in [1.54, 1.807) is 12.1 Å². The van der Waals surface area contributed by atoms with Crippen molar-refractivity contribution < 1.29 is 23.1 Å². The van der Waals surface area contributed by atoms with Gasteiger partial charge in [-0.05, 0) is 44.7 Å². The van der Waals surface area contributed by atoms with Crippen molar-refractivity contribution in [1.82, 2.24) is 15.1 Å². The summed E-state index contributed by atoms with van der Waals surface area (Å²) < 4.78 is 41.6. The molecule has 0 aliphatic heterocycles. The Hall–Kier alpha value is -2.35. The fourth-order valence-electron chi connectivity index (χ4n) is 3.15. The Bertz CT molecular complexity index is 776. The Kier molecular flexibility index (Phi) is 5.04. The first-order chi connectivity index (χ1) is 12.3. The van der Waals surface area contributed by atoms with Crippen LogP contribution >= 0.6 is 0 Å². The Morgan fingerprint density at radius 1 is 1.19 bits per heavy atom. The van der Waals surface area contributed by atoms with Crippen molar-refractivity contribution in [2.24, 2.45) is 0 Å². The first-order valence-corrected chi connectivity index (χ1v) is 8.47. The molecule has 1 aromatic carbocycles. The molecule has 1 saturated carbocycles. The molecule has 5 nitrogen and oxygen atoms in total. The average molecular weight is 367 g/mol. The van der Waals surface area contributed by atoms with Crippen LogP contribution in [-0.2, 0) is 6.18 Å². The van der Waals surface area contributed by atoms with Crippen LogP contribution in [0, 0.1) is 6.92 Å². The Morgan fingerprint density at radius 3 is 2.38 bits per heavy atom. The number of alkyl halides is 3. The molecule has 2 aromatic rings. The lowest BCUT2D eigenvalue weighted by molar-refractivity contribution is -0.143. The molecule has 1 fully saturated rings. The van der Waals surface area contributed by atoms with Crippen molar-refractivity contribution in [2.75, 3.05) is 0 Å². The first-order valence-electron chi connectivity index (χ1n) is 8.47. The monoisotopic (exact) mass is 367 g/mol. The molecule has 1 amide bonds. The quantitative estimate of drug-likeness (QED) is 0.875. The Labute approximate surface area is 148 Å². The highest BCUT2D eigenvalue weighted by Crippen LogP contribution is 2.34. The molecular weight excluding hydrogens is 347 g/mol. The van der Waals surface area contributed by atoms with Gasteiger partial charge in [-0.1, -0.05) is 17.7 Å². The fraction of sp³-hybridized carbons (Fsp3) is 0.444. The van der Waals surface area contributed by atoms with E-state index in [4.69, 9.17) is 0 Å². The number of hydrogen-bond donors (Lipinski definition) is 2. The lowest BCUT2D eigenvalue weighted by atomic mass is 9.93. The van der Waals surface area contributed by atoms with Crippen molar-refractivity contribution in [3.05, 3.63) is 47.3 Å². The van der Waals surface area contributed by atoms with Gasteiger partial charge in [0.05, 0.1) is 23.6 Å². The Morgan fingerprint density at radius 2 is 1.81 bits per heavy atom. The third-order valence-corrected chi connectivity index (χ3v) is 4.59. The van der Waals surface area contributed by atoms with E-state index in [1.807, 2.05) is 6.92 Å². The van der Waals surface area contributed by atoms with Crippen LogP contribution < -0.4 is 5.32 Å². The molecule has 1 aromatic heterocycles. The minimum absolute atomic E-state index is 0.239. The van der Waals surface area contributed by atoms with E-state index in [9.17, 15) is 23.1 Å². The van der Waals surface area contributed by atoms with Gasteiger partial charge in [0.2, 0.25) is 0 Å². The number of benzene rings is 1. The molecule has 2 N–H and O–H groups in total. The molecule has 0 atom stereocenters. The summed E-state index contributed by atoms with van der Waals surface area (Å²) >= 11 is 0. The van der Waals surface area contributed by atoms with Crippen molar-refractivity contribution >= 4 is 5.91 Å². The highest BCUT2D eigenvalue weighted by molar-refractivity contribution is 5.95. The summed E-state index contributed by atoms with van der Waals surface area (Å²) in [6.07, 6.45) is -2.04. The third kappa shape index (κ3) is 3.90. The SMILES string of the molecule is Cc1ccc(-n2ncc(C(=O)NC3CCC(O)CC3)c2C(F)(F)F)cc1. The molecule has 0 unspecified atom stereocenters. The van der Waals surface area contributed by atoms with E-state index in [0.29, 0.717) is 25.7 Å². The van der Waals surface area contributed by atoms with Crippen LogP contribution in [0.1, 0.15) is 47.3 Å². The summed E-state index contributed by atoms with van der Waals surface area (Å²) in [6, 6.07) is 6.19. The number of amides is 1. The molecule has 0 radical (unpaired) electrons. The van der Waals surface area contributed by atoms with Gasteiger partial charge in [0.1, 0.15) is 0 Å². The smallest absolute Gasteiger partial charge is 0.393 e. The van der Waals surface area contributed by atoms with Gasteiger partial charge in [0, 0.05) is 6.04 Å². The molecule has 140 valence electrons. The van der Waals surface area contributed by atoms with E-state index in [2.05, 4.69) is 10.4 Å². The average Bonchev–Trinajstić information content (AvgIpc) is 3.03. The second-order valence-corrected chi connectivity index (χ2v) is 6.63. The number of aliphatic hydroxyl groups excluding tert-OH is 1. The van der Waals surface area contributed by atoms with E-state index in [0.717, 1.165) is 16.4 Å². The van der Waals surface area contributed by atoms with Crippen LogP contribution in [0.2, 0.25) is 0 Å². The molecular formula is C18H20F3N3O2. The number of nitrogens with zero attached hydrogens (tertiary/aromatic N) is 2. The standard InChI is InChI=1S/C18H20F3N3O2/c1-11-2-6-13(7-3-11)24-16(18(19,20)21)15(10-22-24)17(26)23-12-4-8-14(25)9-5-12/h2-3,6-7,10,12,14,25H,4-5,8-9H2,1H3,(H,23,26). The number of carbonyl (C=O) groups excluding carboxylic acids is 1. The number of halogens is 3. The van der Waals surface area contributed by atoms with Crippen molar-refractivity contribution in [3.63, 3.8) is 0 Å². The lowest BCUT2D eigenvalue weighted by Gasteiger charge is -2.26. The largest absolute Gasteiger partial charge is 0.434 e. The topological polar surface area (TPSA) is 67.2 Å². The van der Waals surface area contributed by atoms with Gasteiger partial charge in [0.15, 0.2) is 5.69 Å². The lowest BCUT2D eigenvalue weighted by Crippen LogP contribution is -2.39. The van der Waals surface area contributed by atoms with Crippen molar-refractivity contribution in [3.8, 4) is 5.69 Å². The molecule has 8 heteroatoms. The highest BCUT2D eigenvalue weighted by Gasteiger charge is 2.41. The number of hydrogen-bond acceptors (Lipinski definition) is 3. The number of carbonyl (C=O) groups is 1. The van der Waals surface area contributed by atoms with Gasteiger partial charge in [-0.3, -0.25) is 4.79 Å². The number of aliphatic hydroxyl groups is 1. The maximum Gasteiger partial charge on any atom is 0.434 e. The molecule has 1 aliphatic rings. The van der Waals surface area contributed by atoms with Crippen LogP contribution in [0.4, 0.5) is 13.2 Å². The van der Waals surface area contributed by atoms with Gasteiger partial charge in [-0.2, -0.15) is 18.3 Å². The van der Waals surface area contributed by atoms with Gasteiger partial charge in [-0.25, -0.2) is 4.68 Å². The van der Waals surface area contributed by atoms with E-state index >= 15 is 0 Å². The van der Waals surface area contributed by atoms with Gasteiger partial charge in [-0.15, -0.1) is 0 Å². The third-order valence-electron chi connectivity index (χ3n) is 4.59. The van der Waals surface area contributed by atoms with Crippen LogP contribution in [0.3, 0.4) is 0 Å². The zero-order chi connectivity index (χ0) is 18.9. The predicted octanol–water partition coefficient (Wildman–Crippen LogP) is 3.23. The zero-order valence-electron chi connectivity index (χ0n) is 14.3. The Balaban J connectivity index is 1.89. The van der Waals surface area contributed by atoms with E-state index < -0.39 is 29.4 Å². The number of aryl methyl sites for hydroxylation is 1. The zero-order valence-corrected chi connectivity index (χ0v) is 14.3. The summed E-state index contributed by atoms with van der Waals surface area (Å²) in [7, 11) is 0. The summed E-state index contributed by atoms with van der Waals surface area (Å²) in [5.41, 5.74) is -0.437. The second-order valence-electron chi connectivity index (χ2n) is 6.63. The fourth-order valence-corrected chi connectivity index (χ4v) is 3.15. The normalized spacial score (nSPS) is 20.8. The molecule has 0 saturated heterocycles. The molecule has 26 heavy (non-hydrogen) atoms. The molecule has 3 rings (SSSR count). The summed E-state index contributed by atoms with van der Waals surface area (Å²) in [5, 5.41) is 15.9. The van der Waals surface area contributed by atoms with Crippen molar-refractivity contribution in [2.45, 2.75) is 50.9 Å². The van der Waals surface area contributed by atoms with E-state index in [1.165, 1.54) is 12.1 Å². The van der Waals surface area contributed by atoms with Crippen molar-refractivity contribution in [1.29, 1.82) is 0 Å².